The van der Waals surface area contributed by atoms with Crippen molar-refractivity contribution in [3.63, 3.8) is 0 Å². The zero-order chi connectivity index (χ0) is 78.8. The van der Waals surface area contributed by atoms with E-state index in [0.717, 1.165) is 35.3 Å². The lowest BCUT2D eigenvalue weighted by molar-refractivity contribution is -0.137. The van der Waals surface area contributed by atoms with Crippen molar-refractivity contribution < 1.29 is 105 Å². The summed E-state index contributed by atoms with van der Waals surface area (Å²) in [7, 11) is 1.54. The van der Waals surface area contributed by atoms with Crippen LogP contribution in [0.25, 0.3) is 0 Å². The number of alkyl carbamates (subject to hydrolysis) is 1. The van der Waals surface area contributed by atoms with Gasteiger partial charge in [0.2, 0.25) is 23.6 Å². The molecule has 3 atom stereocenters. The van der Waals surface area contributed by atoms with Crippen LogP contribution in [0, 0.1) is 5.92 Å². The van der Waals surface area contributed by atoms with Crippen molar-refractivity contribution in [1.82, 2.24) is 36.0 Å². The highest BCUT2D eigenvalue weighted by molar-refractivity contribution is 6.13. The number of unbranched alkanes of at least 4 members (excludes halogenated alkanes) is 2. The van der Waals surface area contributed by atoms with E-state index < -0.39 is 47.7 Å². The Labute approximate surface area is 642 Å². The highest BCUT2D eigenvalue weighted by atomic mass is 16.6. The number of ether oxygens (including phenoxy) is 13. The summed E-state index contributed by atoms with van der Waals surface area (Å²) in [4.78, 5) is 128. The molecule has 32 heteroatoms. The van der Waals surface area contributed by atoms with Crippen molar-refractivity contribution in [2.24, 2.45) is 15.9 Å². The number of carbonyl (C=O) groups excluding carboxylic acids is 9. The van der Waals surface area contributed by atoms with E-state index in [2.05, 4.69) is 36.6 Å². The van der Waals surface area contributed by atoms with Gasteiger partial charge >= 0.3 is 6.09 Å². The molecule has 0 saturated carbocycles. The van der Waals surface area contributed by atoms with Gasteiger partial charge in [-0.15, -0.1) is 0 Å². The van der Waals surface area contributed by atoms with E-state index in [1.807, 2.05) is 33.2 Å². The van der Waals surface area contributed by atoms with Gasteiger partial charge in [-0.05, 0) is 95.0 Å². The monoisotopic (exact) mass is 1540 g/mol. The Morgan fingerprint density at radius 1 is 0.582 bits per heavy atom. The van der Waals surface area contributed by atoms with E-state index in [0.29, 0.717) is 195 Å². The van der Waals surface area contributed by atoms with Gasteiger partial charge in [-0.2, -0.15) is 0 Å². The molecule has 0 spiro atoms. The van der Waals surface area contributed by atoms with Gasteiger partial charge in [0.05, 0.1) is 168 Å². The fraction of sp³-hybridized carbons (Fsp3) is 0.551. The summed E-state index contributed by atoms with van der Waals surface area (Å²) in [6.45, 7) is 18.3. The fourth-order valence-corrected chi connectivity index (χ4v) is 11.0. The number of carbonyl (C=O) groups is 9. The van der Waals surface area contributed by atoms with E-state index in [-0.39, 0.29) is 82.0 Å². The summed E-state index contributed by atoms with van der Waals surface area (Å²) in [5.41, 5.74) is 5.04. The van der Waals surface area contributed by atoms with Crippen LogP contribution in [0.15, 0.2) is 94.2 Å². The quantitative estimate of drug-likeness (QED) is 0.0284. The Bertz CT molecular complexity index is 3640. The molecule has 9 amide bonds. The Hall–Kier alpha value is -9.67. The molecule has 0 fully saturated rings. The lowest BCUT2D eigenvalue weighted by Gasteiger charge is -2.24. The summed E-state index contributed by atoms with van der Waals surface area (Å²) in [6, 6.07) is 11.5. The number of anilines is 1. The average Bonchev–Trinajstić information content (AvgIpc) is 1.60. The standard InChI is InChI=1S/C78H108N10O22/c1-8-55(4)51-86-25-22-79-63-48-68(108-27-11-9-10-26-107-67-49-64-62(46-65(67)98-7)77(96)88-52-56(5)45-60(88)50-82-64)66(47-61(63)76(86)95)109-28-12-21-81-78(97)110-53-58-13-15-59(16-14-58)84-74(93)57(6)83-75(94)73(54(2)3)85-70(90)20-29-99-31-33-101-35-37-103-39-41-105-43-44-106-42-40-104-38-36-102-34-32-100-30-23-80-69(89)19-24-87-71(91)17-18-72(87)92/h13-18,22,46-52,54,57,60,73H,8-12,19-21,23-45,53H2,1-7H3,(H,80,89)(H,81,97)(H,83,94)(H,84,93)(H,85,90)/b55-51-/t57-,60-,73-/m0/s1. The van der Waals surface area contributed by atoms with Gasteiger partial charge in [0.15, 0.2) is 23.0 Å². The van der Waals surface area contributed by atoms with E-state index >= 15 is 0 Å². The molecule has 3 aromatic rings. The van der Waals surface area contributed by atoms with Crippen molar-refractivity contribution in [1.29, 1.82) is 0 Å². The second kappa shape index (κ2) is 48.8. The van der Waals surface area contributed by atoms with Gasteiger partial charge in [-0.25, -0.2) is 4.79 Å². The number of amides is 9. The second-order valence-electron chi connectivity index (χ2n) is 26.3. The number of nitrogens with one attached hydrogen (secondary N) is 5. The Morgan fingerprint density at radius 3 is 1.70 bits per heavy atom. The van der Waals surface area contributed by atoms with Gasteiger partial charge in [-0.3, -0.25) is 53.2 Å². The van der Waals surface area contributed by atoms with Crippen molar-refractivity contribution in [2.45, 2.75) is 118 Å². The maximum atomic E-state index is 13.9. The second-order valence-corrected chi connectivity index (χ2v) is 26.3. The van der Waals surface area contributed by atoms with Crippen molar-refractivity contribution >= 4 is 82.8 Å². The normalized spacial score (nSPS) is 15.0. The van der Waals surface area contributed by atoms with Crippen LogP contribution in [-0.2, 0) is 78.0 Å². The number of fused-ring (bicyclic) bond motifs is 3. The number of hydrogen-bond acceptors (Lipinski definition) is 24. The molecule has 3 aromatic carbocycles. The molecule has 110 heavy (non-hydrogen) atoms. The molecule has 0 aromatic heterocycles. The lowest BCUT2D eigenvalue weighted by atomic mass is 10.0. The number of allylic oxidation sites excluding steroid dienone is 1. The average molecular weight is 1540 g/mol. The van der Waals surface area contributed by atoms with Gasteiger partial charge < -0.3 is 98.0 Å². The maximum Gasteiger partial charge on any atom is 0.407 e. The molecule has 5 N–H and O–H groups in total. The van der Waals surface area contributed by atoms with E-state index in [4.69, 9.17) is 61.6 Å². The van der Waals surface area contributed by atoms with E-state index in [1.165, 1.54) is 26.2 Å². The fourth-order valence-electron chi connectivity index (χ4n) is 11.0. The summed E-state index contributed by atoms with van der Waals surface area (Å²) in [6.07, 6.45) is 13.0. The summed E-state index contributed by atoms with van der Waals surface area (Å²) < 4.78 is 73.8. The first-order valence-corrected chi connectivity index (χ1v) is 37.5. The van der Waals surface area contributed by atoms with Crippen LogP contribution in [0.4, 0.5) is 21.9 Å². The third-order valence-corrected chi connectivity index (χ3v) is 17.2. The van der Waals surface area contributed by atoms with Crippen molar-refractivity contribution in [3.8, 4) is 23.0 Å². The predicted molar refractivity (Wildman–Crippen MR) is 406 cm³/mol. The number of nitrogens with zero attached hydrogens (tertiary/aromatic N) is 5. The number of aliphatic imine (C=N–C) groups is 2. The smallest absolute Gasteiger partial charge is 0.407 e. The first-order chi connectivity index (χ1) is 53.3. The molecule has 4 aliphatic heterocycles. The van der Waals surface area contributed by atoms with Crippen LogP contribution in [0.5, 0.6) is 23.0 Å². The summed E-state index contributed by atoms with van der Waals surface area (Å²) >= 11 is 0. The van der Waals surface area contributed by atoms with Gasteiger partial charge in [0.1, 0.15) is 18.7 Å². The molecule has 0 bridgehead atoms. The minimum absolute atomic E-state index is 0.00327. The summed E-state index contributed by atoms with van der Waals surface area (Å²) in [5, 5.41) is 13.6. The molecular formula is C78H108N10O22. The van der Waals surface area contributed by atoms with Crippen LogP contribution in [0.2, 0.25) is 0 Å². The third-order valence-electron chi connectivity index (χ3n) is 17.2. The van der Waals surface area contributed by atoms with Crippen LogP contribution in [-0.4, -0.2) is 257 Å². The minimum Gasteiger partial charge on any atom is -0.493 e. The molecule has 4 heterocycles. The maximum absolute atomic E-state index is 13.9. The van der Waals surface area contributed by atoms with Crippen LogP contribution in [0.1, 0.15) is 119 Å². The number of imide groups is 1. The Kier molecular flexibility index (Phi) is 38.8. The van der Waals surface area contributed by atoms with Gasteiger partial charge in [0, 0.05) is 87.3 Å². The molecule has 4 aliphatic rings. The molecule has 0 aliphatic carbocycles. The first kappa shape index (κ1) is 87.6. The summed E-state index contributed by atoms with van der Waals surface area (Å²) in [5.74, 6) is -1.46. The Balaban J connectivity index is 0.679. The molecular weight excluding hydrogens is 1430 g/mol. The van der Waals surface area contributed by atoms with Crippen LogP contribution in [0.3, 0.4) is 0 Å². The third kappa shape index (κ3) is 30.7. The van der Waals surface area contributed by atoms with Gasteiger partial charge in [-0.1, -0.05) is 44.1 Å². The number of rotatable bonds is 54. The van der Waals surface area contributed by atoms with E-state index in [9.17, 15) is 43.2 Å². The zero-order valence-electron chi connectivity index (χ0n) is 64.2. The SMILES string of the molecule is CC/C(C)=C\N1CC=Nc2cc(OCCCCCOc3cc4c(cc3OC)C(=O)N3C=C(C)C[C@H]3C=N4)c(OCCCNC(=O)OCc3ccc(NC(=O)[C@H](C)NC(=O)[C@@H](NC(=O)CCOCCOCCOCCOCCOCCOCCOCCOCCNC(=O)CCN4C(=O)C=CC4=O)C(C)C)cc3)cc2C1=O. The number of hydrogen-bond donors (Lipinski definition) is 5. The van der Waals surface area contributed by atoms with Gasteiger partial charge in [0.25, 0.3) is 23.6 Å². The molecule has 602 valence electrons. The first-order valence-electron chi connectivity index (χ1n) is 37.5. The minimum atomic E-state index is -0.958. The highest BCUT2D eigenvalue weighted by Gasteiger charge is 2.33. The number of benzene rings is 3. The zero-order valence-corrected chi connectivity index (χ0v) is 64.2. The molecule has 32 nitrogen and oxygen atoms in total. The molecule has 7 rings (SSSR count). The highest BCUT2D eigenvalue weighted by Crippen LogP contribution is 2.40. The van der Waals surface area contributed by atoms with E-state index in [1.54, 1.807) is 84.6 Å². The molecule has 0 unspecified atom stereocenters. The van der Waals surface area contributed by atoms with Crippen molar-refractivity contribution in [3.05, 3.63) is 101 Å². The predicted octanol–water partition coefficient (Wildman–Crippen LogP) is 6.86. The number of methoxy groups -OCH3 is 1. The molecule has 0 saturated heterocycles. The molecule has 0 radical (unpaired) electrons. The van der Waals surface area contributed by atoms with Crippen molar-refractivity contribution in [2.75, 3.05) is 164 Å². The van der Waals surface area contributed by atoms with Crippen LogP contribution < -0.4 is 45.5 Å². The largest absolute Gasteiger partial charge is 0.493 e. The lowest BCUT2D eigenvalue weighted by Crippen LogP contribution is -2.53. The Morgan fingerprint density at radius 2 is 1.12 bits per heavy atom. The van der Waals surface area contributed by atoms with Crippen LogP contribution >= 0.6 is 0 Å². The topological polar surface area (TPSA) is 368 Å².